The van der Waals surface area contributed by atoms with Crippen molar-refractivity contribution in [1.82, 2.24) is 25.1 Å². The summed E-state index contributed by atoms with van der Waals surface area (Å²) in [5, 5.41) is 13.7. The minimum atomic E-state index is -1.85. The van der Waals surface area contributed by atoms with E-state index >= 15 is 0 Å². The summed E-state index contributed by atoms with van der Waals surface area (Å²) in [4.78, 5) is 25.1. The molecule has 10 nitrogen and oxygen atoms in total. The lowest BCUT2D eigenvalue weighted by Crippen LogP contribution is -2.40. The minimum Gasteiger partial charge on any atom is -0.465 e. The molecule has 0 saturated heterocycles. The Morgan fingerprint density at radius 2 is 1.97 bits per heavy atom. The van der Waals surface area contributed by atoms with Crippen molar-refractivity contribution in [2.75, 3.05) is 13.2 Å². The zero-order valence-electron chi connectivity index (χ0n) is 20.9. The smallest absolute Gasteiger partial charge is 0.307 e. The van der Waals surface area contributed by atoms with E-state index in [2.05, 4.69) is 20.6 Å². The second-order valence-corrected chi connectivity index (χ2v) is 10.7. The maximum atomic E-state index is 12.7. The fraction of sp³-hybridized carbons (Fsp3) is 0.500. The van der Waals surface area contributed by atoms with Gasteiger partial charge in [-0.1, -0.05) is 49.6 Å². The molecule has 0 aliphatic carbocycles. The number of esters is 1. The lowest BCUT2D eigenvalue weighted by Gasteiger charge is -2.21. The number of aromatic amines is 1. The van der Waals surface area contributed by atoms with Gasteiger partial charge in [-0.05, 0) is 39.3 Å². The zero-order chi connectivity index (χ0) is 26.3. The molecule has 0 fully saturated rings. The summed E-state index contributed by atoms with van der Waals surface area (Å²) in [5.41, 5.74) is 0.631. The summed E-state index contributed by atoms with van der Waals surface area (Å²) >= 11 is 4.37. The highest BCUT2D eigenvalue weighted by Crippen LogP contribution is 2.26. The second-order valence-electron chi connectivity index (χ2n) is 9.11. The van der Waals surface area contributed by atoms with E-state index in [9.17, 15) is 13.8 Å². The Labute approximate surface area is 217 Å². The molecule has 1 aromatic carbocycles. The van der Waals surface area contributed by atoms with E-state index in [0.29, 0.717) is 28.7 Å². The van der Waals surface area contributed by atoms with Gasteiger partial charge in [0.05, 0.1) is 17.5 Å². The number of benzene rings is 1. The number of carbonyl (C=O) groups is 2. The van der Waals surface area contributed by atoms with E-state index in [1.54, 1.807) is 28.8 Å². The number of carbonyl (C=O) groups excluding carboxylic acids is 2. The van der Waals surface area contributed by atoms with E-state index in [4.69, 9.17) is 20.5 Å². The van der Waals surface area contributed by atoms with E-state index in [1.165, 1.54) is 0 Å². The number of halogens is 1. The van der Waals surface area contributed by atoms with Gasteiger partial charge in [0.25, 0.3) is 0 Å². The van der Waals surface area contributed by atoms with E-state index in [1.807, 2.05) is 33.8 Å². The summed E-state index contributed by atoms with van der Waals surface area (Å²) < 4.78 is 25.3. The first-order valence-corrected chi connectivity index (χ1v) is 13.3. The Bertz CT molecular complexity index is 1210. The highest BCUT2D eigenvalue weighted by molar-refractivity contribution is 7.82. The average molecular weight is 538 g/mol. The van der Waals surface area contributed by atoms with Crippen molar-refractivity contribution in [2.24, 2.45) is 0 Å². The maximum absolute atomic E-state index is 12.7. The molecule has 0 spiro atoms. The monoisotopic (exact) mass is 537 g/mol. The summed E-state index contributed by atoms with van der Waals surface area (Å²) in [6.07, 6.45) is 1.95. The second kappa shape index (κ2) is 12.4. The standard InChI is InChI=1S/C24H32ClN5O5S/c1-5-6-12-18(36(33)35-17-10-8-7-9-11-17)22(32)26-14-13-19(31)34-15-24(3,4)23-28-27-21-20(25)16(2)29-30(21)23/h7-11,18,29H,5-6,12-15H2,1-4H3,(H,26,32). The fourth-order valence-corrected chi connectivity index (χ4v) is 4.69. The van der Waals surface area contributed by atoms with Crippen molar-refractivity contribution in [1.29, 1.82) is 0 Å². The Hall–Kier alpha value is -2.92. The topological polar surface area (TPSA) is 128 Å². The number of rotatable bonds is 13. The van der Waals surface area contributed by atoms with Crippen molar-refractivity contribution < 1.29 is 22.7 Å². The number of aromatic nitrogens is 4. The summed E-state index contributed by atoms with van der Waals surface area (Å²) in [6, 6.07) is 8.71. The first kappa shape index (κ1) is 27.7. The van der Waals surface area contributed by atoms with Crippen LogP contribution in [0.3, 0.4) is 0 Å². The quantitative estimate of drug-likeness (QED) is 0.318. The van der Waals surface area contributed by atoms with Crippen LogP contribution in [0.5, 0.6) is 5.75 Å². The van der Waals surface area contributed by atoms with Gasteiger partial charge in [-0.3, -0.25) is 14.7 Å². The van der Waals surface area contributed by atoms with Crippen molar-refractivity contribution in [2.45, 2.75) is 64.0 Å². The van der Waals surface area contributed by atoms with Crippen molar-refractivity contribution in [3.05, 3.63) is 46.9 Å². The molecule has 3 rings (SSSR count). The van der Waals surface area contributed by atoms with E-state index in [-0.39, 0.29) is 19.6 Å². The molecule has 0 saturated carbocycles. The first-order valence-electron chi connectivity index (χ1n) is 11.8. The number of H-pyrrole nitrogens is 1. The third-order valence-electron chi connectivity index (χ3n) is 5.56. The molecular weight excluding hydrogens is 506 g/mol. The van der Waals surface area contributed by atoms with E-state index in [0.717, 1.165) is 18.5 Å². The molecule has 2 unspecified atom stereocenters. The molecule has 196 valence electrons. The van der Waals surface area contributed by atoms with Crippen LogP contribution in [0.1, 0.15) is 58.0 Å². The zero-order valence-corrected chi connectivity index (χ0v) is 22.4. The van der Waals surface area contributed by atoms with Gasteiger partial charge >= 0.3 is 5.97 Å². The van der Waals surface area contributed by atoms with Crippen LogP contribution in [0.2, 0.25) is 5.02 Å². The first-order chi connectivity index (χ1) is 17.1. The highest BCUT2D eigenvalue weighted by atomic mass is 35.5. The molecule has 2 heterocycles. The number of fused-ring (bicyclic) bond motifs is 1. The summed E-state index contributed by atoms with van der Waals surface area (Å²) in [5.74, 6) is 0.110. The van der Waals surface area contributed by atoms with Gasteiger partial charge in [0, 0.05) is 6.54 Å². The van der Waals surface area contributed by atoms with Crippen LogP contribution in [0, 0.1) is 6.92 Å². The van der Waals surface area contributed by atoms with Gasteiger partial charge in [-0.15, -0.1) is 10.2 Å². The number of hydrogen-bond acceptors (Lipinski definition) is 7. The molecule has 2 aromatic heterocycles. The molecule has 12 heteroatoms. The molecule has 36 heavy (non-hydrogen) atoms. The average Bonchev–Trinajstić information content (AvgIpc) is 3.38. The Morgan fingerprint density at radius 3 is 2.67 bits per heavy atom. The van der Waals surface area contributed by atoms with Crippen LogP contribution >= 0.6 is 11.6 Å². The van der Waals surface area contributed by atoms with Crippen molar-refractivity contribution >= 4 is 40.2 Å². The summed E-state index contributed by atoms with van der Waals surface area (Å²) in [6.45, 7) is 7.70. The normalized spacial score (nSPS) is 13.4. The Kier molecular flexibility index (Phi) is 9.49. The third kappa shape index (κ3) is 6.85. The van der Waals surface area contributed by atoms with Gasteiger partial charge in [-0.2, -0.15) is 0 Å². The number of amides is 1. The number of hydrogen-bond donors (Lipinski definition) is 2. The van der Waals surface area contributed by atoms with Gasteiger partial charge in [0.15, 0.2) is 16.7 Å². The molecule has 3 aromatic rings. The molecule has 1 amide bonds. The fourth-order valence-electron chi connectivity index (χ4n) is 3.49. The number of ether oxygens (including phenoxy) is 1. The van der Waals surface area contributed by atoms with Crippen LogP contribution in [0.25, 0.3) is 5.65 Å². The van der Waals surface area contributed by atoms with Crippen LogP contribution in [-0.4, -0.2) is 54.3 Å². The van der Waals surface area contributed by atoms with Gasteiger partial charge in [0.2, 0.25) is 17.0 Å². The predicted octanol–water partition coefficient (Wildman–Crippen LogP) is 3.65. The lowest BCUT2D eigenvalue weighted by molar-refractivity contribution is -0.145. The minimum absolute atomic E-state index is 0.0306. The van der Waals surface area contributed by atoms with Crippen molar-refractivity contribution in [3.8, 4) is 5.75 Å². The molecule has 0 aliphatic rings. The summed E-state index contributed by atoms with van der Waals surface area (Å²) in [7, 11) is 0. The van der Waals surface area contributed by atoms with Crippen LogP contribution in [0.15, 0.2) is 30.3 Å². The number of nitrogens with one attached hydrogen (secondary N) is 2. The molecule has 2 atom stereocenters. The Balaban J connectivity index is 1.50. The molecule has 0 radical (unpaired) electrons. The molecular formula is C24H32ClN5O5S. The third-order valence-corrected chi connectivity index (χ3v) is 7.29. The number of nitrogens with zero attached hydrogens (tertiary/aromatic N) is 3. The van der Waals surface area contributed by atoms with Gasteiger partial charge in [-0.25, -0.2) is 8.72 Å². The van der Waals surface area contributed by atoms with Crippen molar-refractivity contribution in [3.63, 3.8) is 0 Å². The van der Waals surface area contributed by atoms with Crippen LogP contribution in [0.4, 0.5) is 0 Å². The molecule has 0 bridgehead atoms. The molecule has 0 aliphatic heterocycles. The number of aryl methyl sites for hydroxylation is 1. The predicted molar refractivity (Wildman–Crippen MR) is 137 cm³/mol. The Morgan fingerprint density at radius 1 is 1.25 bits per heavy atom. The lowest BCUT2D eigenvalue weighted by atomic mass is 9.94. The van der Waals surface area contributed by atoms with Gasteiger partial charge in [0.1, 0.15) is 17.4 Å². The van der Waals surface area contributed by atoms with E-state index < -0.39 is 33.6 Å². The maximum Gasteiger partial charge on any atom is 0.307 e. The highest BCUT2D eigenvalue weighted by Gasteiger charge is 2.31. The SMILES string of the molecule is CCCCC(C(=O)NCCC(=O)OCC(C)(C)c1nnc2c(Cl)c(C)[nH]n12)S(=O)Oc1ccccc1. The van der Waals surface area contributed by atoms with Crippen LogP contribution < -0.4 is 9.50 Å². The van der Waals surface area contributed by atoms with Crippen LogP contribution in [-0.2, 0) is 30.8 Å². The van der Waals surface area contributed by atoms with Gasteiger partial charge < -0.3 is 14.2 Å². The number of unbranched alkanes of at least 4 members (excludes halogenated alkanes) is 1. The number of para-hydroxylation sites is 1. The largest absolute Gasteiger partial charge is 0.465 e. The molecule has 2 N–H and O–H groups in total.